The van der Waals surface area contributed by atoms with E-state index in [2.05, 4.69) is 13.5 Å². The van der Waals surface area contributed by atoms with E-state index < -0.39 is 81.0 Å². The number of hydrogen-bond acceptors (Lipinski definition) is 9. The molecule has 7 rings (SSSR count). The number of aliphatic hydroxyl groups excluding tert-OH is 4. The lowest BCUT2D eigenvalue weighted by atomic mass is 9.46. The summed E-state index contributed by atoms with van der Waals surface area (Å²) in [6, 6.07) is 2.76. The van der Waals surface area contributed by atoms with Gasteiger partial charge in [-0.15, -0.1) is 0 Å². The molecule has 46 heavy (non-hydrogen) atoms. The third-order valence-corrected chi connectivity index (χ3v) is 13.0. The molecule has 2 fully saturated rings. The van der Waals surface area contributed by atoms with Gasteiger partial charge in [0.25, 0.3) is 0 Å². The van der Waals surface area contributed by atoms with Crippen LogP contribution in [-0.2, 0) is 9.59 Å². The van der Waals surface area contributed by atoms with E-state index in [4.69, 9.17) is 0 Å². The number of rotatable bonds is 2. The van der Waals surface area contributed by atoms with Crippen molar-refractivity contribution in [1.82, 2.24) is 0 Å². The Kier molecular flexibility index (Phi) is 6.37. The SMILES string of the molecule is C=C1CC[C@H]2C(C)(C)[C@H](O)CC[C@]2(C)[C@H]1CC1=C(O)C2=C(C[C@@]34C(=O)c5c(O)cc(C)cc5C(=O)[C@]23C=C[C@@H](O)[C@@H]4O)C(=O)C1=O. The van der Waals surface area contributed by atoms with E-state index >= 15 is 0 Å². The Labute approximate surface area is 267 Å². The first kappa shape index (κ1) is 31.0. The zero-order valence-electron chi connectivity index (χ0n) is 26.5. The predicted octanol–water partition coefficient (Wildman–Crippen LogP) is 4.17. The van der Waals surface area contributed by atoms with Crippen LogP contribution in [0.4, 0.5) is 0 Å². The van der Waals surface area contributed by atoms with Gasteiger partial charge in [-0.05, 0) is 85.8 Å². The van der Waals surface area contributed by atoms with Crippen LogP contribution in [0.25, 0.3) is 0 Å². The Bertz CT molecular complexity index is 1790. The lowest BCUT2D eigenvalue weighted by molar-refractivity contribution is -0.134. The third kappa shape index (κ3) is 3.41. The van der Waals surface area contributed by atoms with E-state index in [1.807, 2.05) is 13.8 Å². The molecule has 1 aromatic rings. The molecule has 6 aliphatic rings. The van der Waals surface area contributed by atoms with Crippen molar-refractivity contribution in [3.05, 3.63) is 75.6 Å². The number of phenolic OH excluding ortho intramolecular Hbond substituents is 1. The van der Waals surface area contributed by atoms with Gasteiger partial charge in [0, 0.05) is 22.3 Å². The highest BCUT2D eigenvalue weighted by Crippen LogP contribution is 2.69. The number of fused-ring (bicyclic) bond motifs is 2. The van der Waals surface area contributed by atoms with E-state index in [1.54, 1.807) is 6.92 Å². The molecule has 0 bridgehead atoms. The van der Waals surface area contributed by atoms with Crippen molar-refractivity contribution in [2.24, 2.45) is 33.5 Å². The second-order valence-corrected chi connectivity index (χ2v) is 15.3. The van der Waals surface area contributed by atoms with Crippen LogP contribution in [0, 0.1) is 40.4 Å². The fourth-order valence-electron chi connectivity index (χ4n) is 10.6. The van der Waals surface area contributed by atoms with Crippen LogP contribution in [0.15, 0.2) is 58.9 Å². The lowest BCUT2D eigenvalue weighted by Gasteiger charge is -2.59. The summed E-state index contributed by atoms with van der Waals surface area (Å²) in [7, 11) is 0. The second kappa shape index (κ2) is 9.46. The largest absolute Gasteiger partial charge is 0.507 e. The fourth-order valence-corrected chi connectivity index (χ4v) is 10.6. The molecule has 0 unspecified atom stereocenters. The first-order valence-electron chi connectivity index (χ1n) is 16.1. The van der Waals surface area contributed by atoms with Gasteiger partial charge in [-0.1, -0.05) is 45.1 Å². The van der Waals surface area contributed by atoms with Gasteiger partial charge in [-0.2, -0.15) is 0 Å². The number of carbonyl (C=O) groups excluding carboxylic acids is 4. The Morgan fingerprint density at radius 3 is 2.35 bits per heavy atom. The molecule has 0 heterocycles. The number of aryl methyl sites for hydroxylation is 1. The Balaban J connectivity index is 1.43. The molecule has 0 spiro atoms. The van der Waals surface area contributed by atoms with Crippen LogP contribution in [0.5, 0.6) is 5.75 Å². The van der Waals surface area contributed by atoms with Crippen molar-refractivity contribution in [3.8, 4) is 5.75 Å². The first-order valence-corrected chi connectivity index (χ1v) is 16.1. The molecule has 9 heteroatoms. The Morgan fingerprint density at radius 2 is 1.65 bits per heavy atom. The van der Waals surface area contributed by atoms with E-state index in [0.717, 1.165) is 12.0 Å². The standard InChI is InChI=1S/C37H40O9/c1-16-12-18-26(23(39)13-16)33(46)37-15-20-27(36(37,31(18)44)11-8-22(38)32(37)45)28(41)19(29(42)30(20)43)14-21-17(2)6-7-24-34(3,4)25(40)9-10-35(21,24)5/h8,11-13,21-22,24-25,32,38-41,45H,2,6-7,9-10,14-15H2,1,3-5H3/t21-,22+,24-,25+,32-,35+,36-,37+/m0/s1. The van der Waals surface area contributed by atoms with Crippen LogP contribution in [-0.4, -0.2) is 67.0 Å². The highest BCUT2D eigenvalue weighted by atomic mass is 16.3. The minimum atomic E-state index is -2.18. The van der Waals surface area contributed by atoms with E-state index in [0.29, 0.717) is 24.8 Å². The van der Waals surface area contributed by atoms with Crippen LogP contribution in [0.1, 0.15) is 85.6 Å². The minimum Gasteiger partial charge on any atom is -0.507 e. The monoisotopic (exact) mass is 628 g/mol. The zero-order valence-corrected chi connectivity index (χ0v) is 26.5. The second-order valence-electron chi connectivity index (χ2n) is 15.3. The number of allylic oxidation sites excluding steroid dienone is 5. The molecule has 0 amide bonds. The quantitative estimate of drug-likeness (QED) is 0.183. The molecule has 0 aliphatic heterocycles. The third-order valence-electron chi connectivity index (χ3n) is 13.0. The van der Waals surface area contributed by atoms with Crippen LogP contribution < -0.4 is 0 Å². The highest BCUT2D eigenvalue weighted by molar-refractivity contribution is 6.51. The topological polar surface area (TPSA) is 169 Å². The molecule has 0 saturated heterocycles. The van der Waals surface area contributed by atoms with Crippen molar-refractivity contribution in [2.45, 2.75) is 84.5 Å². The normalized spacial score (nSPS) is 39.6. The number of hydrogen-bond donors (Lipinski definition) is 5. The maximum Gasteiger partial charge on any atom is 0.232 e. The number of ketones is 4. The molecule has 0 radical (unpaired) electrons. The molecule has 0 aromatic heterocycles. The van der Waals surface area contributed by atoms with Gasteiger partial charge in [0.05, 0.1) is 34.7 Å². The number of benzene rings is 1. The number of phenols is 1. The van der Waals surface area contributed by atoms with E-state index in [-0.39, 0.29) is 46.1 Å². The van der Waals surface area contributed by atoms with Gasteiger partial charge in [-0.3, -0.25) is 19.2 Å². The predicted molar refractivity (Wildman–Crippen MR) is 166 cm³/mol. The molecule has 2 saturated carbocycles. The maximum atomic E-state index is 14.7. The summed E-state index contributed by atoms with van der Waals surface area (Å²) >= 11 is 0. The summed E-state index contributed by atoms with van der Waals surface area (Å²) in [5.41, 5.74) is -4.80. The fraction of sp³-hybridized carbons (Fsp3) is 0.514. The smallest absolute Gasteiger partial charge is 0.232 e. The summed E-state index contributed by atoms with van der Waals surface area (Å²) in [6.07, 6.45) is 0.552. The van der Waals surface area contributed by atoms with Crippen molar-refractivity contribution >= 4 is 23.1 Å². The maximum absolute atomic E-state index is 14.7. The van der Waals surface area contributed by atoms with Crippen molar-refractivity contribution in [1.29, 1.82) is 0 Å². The summed E-state index contributed by atoms with van der Waals surface area (Å²) in [5.74, 6) is -4.77. The van der Waals surface area contributed by atoms with Crippen molar-refractivity contribution in [3.63, 3.8) is 0 Å². The van der Waals surface area contributed by atoms with Gasteiger partial charge in [-0.25, -0.2) is 0 Å². The summed E-state index contributed by atoms with van der Waals surface area (Å²) in [6.45, 7) is 12.2. The van der Waals surface area contributed by atoms with Gasteiger partial charge in [0.1, 0.15) is 11.5 Å². The van der Waals surface area contributed by atoms with Crippen LogP contribution in [0.3, 0.4) is 0 Å². The van der Waals surface area contributed by atoms with Crippen LogP contribution in [0.2, 0.25) is 0 Å². The molecule has 6 aliphatic carbocycles. The summed E-state index contributed by atoms with van der Waals surface area (Å²) < 4.78 is 0. The zero-order chi connectivity index (χ0) is 33.5. The average Bonchev–Trinajstić information content (AvgIpc) is 3.32. The number of Topliss-reactive ketones (excluding diaryl/α,β-unsaturated/α-hetero) is 4. The summed E-state index contributed by atoms with van der Waals surface area (Å²) in [4.78, 5) is 57.1. The first-order chi connectivity index (χ1) is 21.5. The number of aromatic hydroxyl groups is 1. The molecule has 9 nitrogen and oxygen atoms in total. The van der Waals surface area contributed by atoms with Gasteiger partial charge in [0.2, 0.25) is 11.6 Å². The highest BCUT2D eigenvalue weighted by Gasteiger charge is 2.75. The Hall–Kier alpha value is -3.66. The van der Waals surface area contributed by atoms with Crippen LogP contribution >= 0.6 is 0 Å². The molecule has 5 N–H and O–H groups in total. The van der Waals surface area contributed by atoms with Gasteiger partial charge in [0.15, 0.2) is 11.6 Å². The number of aliphatic hydroxyl groups is 4. The summed E-state index contributed by atoms with van der Waals surface area (Å²) in [5, 5.41) is 56.3. The van der Waals surface area contributed by atoms with E-state index in [9.17, 15) is 44.7 Å². The van der Waals surface area contributed by atoms with Gasteiger partial charge < -0.3 is 25.5 Å². The average molecular weight is 629 g/mol. The molecule has 242 valence electrons. The van der Waals surface area contributed by atoms with E-state index in [1.165, 1.54) is 24.3 Å². The van der Waals surface area contributed by atoms with Crippen molar-refractivity contribution in [2.75, 3.05) is 0 Å². The van der Waals surface area contributed by atoms with Crippen molar-refractivity contribution < 1.29 is 44.7 Å². The van der Waals surface area contributed by atoms with Gasteiger partial charge >= 0.3 is 0 Å². The molecule has 8 atom stereocenters. The minimum absolute atomic E-state index is 0.0260. The Morgan fingerprint density at radius 1 is 0.957 bits per heavy atom. The molecular weight excluding hydrogens is 588 g/mol. The molecule has 1 aromatic carbocycles. The molecular formula is C37H40O9. The number of carbonyl (C=O) groups is 4. The lowest BCUT2D eigenvalue weighted by Crippen LogP contribution is -2.64.